The molecule has 4 aromatic heterocycles. The van der Waals surface area contributed by atoms with Crippen molar-refractivity contribution in [1.29, 1.82) is 0 Å². The zero-order valence-corrected chi connectivity index (χ0v) is 44.3. The standard InChI is InChI=1S/C65H72N2O2S2/c1-5-8-11-14-17-20-22-24-27-30-37-50(4)48-68-64-62(56-44-35-46-70-56)60-52-40-34-43-55-59(52)61(53-41-33-42-54(66-64)58(53)60)63(57-45-36-47-71-57)65(67-55)69-49-51(38-31-28-25-19-16-13-10-7-3)39-32-29-26-23-21-18-15-12-9-6-2/h3,33-36,40-47,50-51H,5-6,8-9,11-12,14-15,17-18,20-24,26-27,29-30,32,37,39,48-49H2,1-2,4H3. The van der Waals surface area contributed by atoms with E-state index in [0.29, 0.717) is 30.9 Å². The summed E-state index contributed by atoms with van der Waals surface area (Å²) in [4.78, 5) is 13.1. The van der Waals surface area contributed by atoms with Gasteiger partial charge in [0.2, 0.25) is 11.8 Å². The van der Waals surface area contributed by atoms with E-state index in [-0.39, 0.29) is 5.92 Å². The number of hydrogen-bond donors (Lipinski definition) is 0. The zero-order chi connectivity index (χ0) is 49.3. The molecule has 0 amide bonds. The molecule has 3 aromatic carbocycles. The lowest BCUT2D eigenvalue weighted by atomic mass is 9.88. The number of nitrogens with zero attached hydrogens (tertiary/aromatic N) is 2. The number of thiophene rings is 2. The summed E-state index contributed by atoms with van der Waals surface area (Å²) in [5.41, 5.74) is 3.89. The largest absolute Gasteiger partial charge is 0.477 e. The number of aromatic nitrogens is 2. The van der Waals surface area contributed by atoms with Crippen molar-refractivity contribution in [3.63, 3.8) is 0 Å². The van der Waals surface area contributed by atoms with Crippen molar-refractivity contribution in [2.75, 3.05) is 13.2 Å². The molecule has 4 heterocycles. The van der Waals surface area contributed by atoms with E-state index in [2.05, 4.69) is 145 Å². The highest BCUT2D eigenvalue weighted by molar-refractivity contribution is 7.14. The molecule has 0 spiro atoms. The van der Waals surface area contributed by atoms with Crippen molar-refractivity contribution < 1.29 is 9.47 Å². The van der Waals surface area contributed by atoms with E-state index in [0.717, 1.165) is 83.5 Å². The van der Waals surface area contributed by atoms with Crippen molar-refractivity contribution in [2.45, 2.75) is 162 Å². The molecule has 0 saturated carbocycles. The quantitative estimate of drug-likeness (QED) is 0.0195. The highest BCUT2D eigenvalue weighted by Gasteiger charge is 2.27. The second kappa shape index (κ2) is 29.4. The van der Waals surface area contributed by atoms with Gasteiger partial charge in [-0.1, -0.05) is 192 Å². The van der Waals surface area contributed by atoms with Crippen LogP contribution >= 0.6 is 22.7 Å². The fraction of sp³-hybridized carbons (Fsp3) is 0.446. The minimum absolute atomic E-state index is 0.0401. The van der Waals surface area contributed by atoms with Gasteiger partial charge in [0.15, 0.2) is 0 Å². The maximum absolute atomic E-state index is 6.96. The van der Waals surface area contributed by atoms with Crippen LogP contribution in [0.1, 0.15) is 162 Å². The summed E-state index contributed by atoms with van der Waals surface area (Å²) in [6, 6.07) is 21.7. The smallest absolute Gasteiger partial charge is 0.223 e. The average molecular weight is 977 g/mol. The van der Waals surface area contributed by atoms with Crippen molar-refractivity contribution in [1.82, 2.24) is 9.97 Å². The SMILES string of the molecule is C#CC#CC#CC#CC#CC(CCCCCCCCCCCC)COc1nc2cccc3c4c(-c5cccs5)c(OCC(C)CCCCCCCCCCCC)nc5cccc(c(c1-c1cccs1)c23)c54. The van der Waals surface area contributed by atoms with Crippen molar-refractivity contribution in [3.05, 3.63) is 71.4 Å². The van der Waals surface area contributed by atoms with Gasteiger partial charge in [-0.15, -0.1) is 29.1 Å². The second-order valence-corrected chi connectivity index (χ2v) is 21.1. The van der Waals surface area contributed by atoms with Crippen LogP contribution in [0.5, 0.6) is 11.8 Å². The van der Waals surface area contributed by atoms with Gasteiger partial charge in [0, 0.05) is 31.3 Å². The molecule has 7 aromatic rings. The third-order valence-electron chi connectivity index (χ3n) is 13.6. The molecule has 0 N–H and O–H groups in total. The van der Waals surface area contributed by atoms with E-state index in [1.165, 1.54) is 122 Å². The molecule has 4 nitrogen and oxygen atoms in total. The summed E-state index contributed by atoms with van der Waals surface area (Å²) in [5, 5.41) is 11.1. The molecular formula is C65H72N2O2S2. The van der Waals surface area contributed by atoms with Gasteiger partial charge in [0.1, 0.15) is 6.61 Å². The predicted octanol–water partition coefficient (Wildman–Crippen LogP) is 18.3. The van der Waals surface area contributed by atoms with E-state index < -0.39 is 0 Å². The van der Waals surface area contributed by atoms with Gasteiger partial charge < -0.3 is 9.47 Å². The predicted molar refractivity (Wildman–Crippen MR) is 306 cm³/mol. The van der Waals surface area contributed by atoms with E-state index >= 15 is 0 Å². The Morgan fingerprint density at radius 2 is 0.915 bits per heavy atom. The maximum atomic E-state index is 6.96. The number of rotatable bonds is 30. The van der Waals surface area contributed by atoms with Gasteiger partial charge in [0.05, 0.1) is 34.7 Å². The number of benzene rings is 3. The summed E-state index contributed by atoms with van der Waals surface area (Å²) < 4.78 is 13.8. The molecule has 0 bridgehead atoms. The summed E-state index contributed by atoms with van der Waals surface area (Å²) in [5.74, 6) is 26.7. The molecule has 0 aliphatic rings. The molecule has 366 valence electrons. The Kier molecular flexibility index (Phi) is 21.9. The molecule has 7 rings (SSSR count). The Morgan fingerprint density at radius 1 is 0.479 bits per heavy atom. The molecule has 0 fully saturated rings. The Morgan fingerprint density at radius 3 is 1.38 bits per heavy atom. The minimum atomic E-state index is -0.0401. The number of unbranched alkanes of at least 4 members (excludes halogenated alkanes) is 18. The molecule has 2 atom stereocenters. The van der Waals surface area contributed by atoms with Crippen molar-refractivity contribution >= 4 is 66.0 Å². The van der Waals surface area contributed by atoms with Gasteiger partial charge in [-0.3, -0.25) is 0 Å². The van der Waals surface area contributed by atoms with Crippen molar-refractivity contribution in [2.24, 2.45) is 11.8 Å². The van der Waals surface area contributed by atoms with E-state index in [1.54, 1.807) is 22.7 Å². The minimum Gasteiger partial charge on any atom is -0.477 e. The third-order valence-corrected chi connectivity index (χ3v) is 15.4. The van der Waals surface area contributed by atoms with Gasteiger partial charge >= 0.3 is 0 Å². The normalized spacial score (nSPS) is 11.8. The molecule has 2 unspecified atom stereocenters. The topological polar surface area (TPSA) is 44.2 Å². The molecule has 0 radical (unpaired) electrons. The van der Waals surface area contributed by atoms with Gasteiger partial charge in [0.25, 0.3) is 0 Å². The first kappa shape index (κ1) is 52.9. The molecule has 71 heavy (non-hydrogen) atoms. The van der Waals surface area contributed by atoms with Crippen molar-refractivity contribution in [3.8, 4) is 92.3 Å². The van der Waals surface area contributed by atoms with Gasteiger partial charge in [-0.25, -0.2) is 9.97 Å². The Labute approximate surface area is 433 Å². The first-order valence-electron chi connectivity index (χ1n) is 26.9. The lowest BCUT2D eigenvalue weighted by molar-refractivity contribution is 0.242. The zero-order valence-electron chi connectivity index (χ0n) is 42.7. The Bertz CT molecular complexity index is 3040. The highest BCUT2D eigenvalue weighted by Crippen LogP contribution is 2.51. The second-order valence-electron chi connectivity index (χ2n) is 19.2. The van der Waals surface area contributed by atoms with Crippen LogP contribution in [0.25, 0.3) is 64.2 Å². The van der Waals surface area contributed by atoms with Crippen LogP contribution in [0, 0.1) is 71.5 Å². The van der Waals surface area contributed by atoms with Crippen LogP contribution in [0.4, 0.5) is 0 Å². The van der Waals surface area contributed by atoms with Crippen LogP contribution in [0.15, 0.2) is 71.4 Å². The highest BCUT2D eigenvalue weighted by atomic mass is 32.1. The van der Waals surface area contributed by atoms with Gasteiger partial charge in [-0.2, -0.15) is 0 Å². The fourth-order valence-corrected chi connectivity index (χ4v) is 11.5. The lowest BCUT2D eigenvalue weighted by Gasteiger charge is -2.22. The number of ether oxygens (including phenoxy) is 2. The number of pyridine rings is 2. The Balaban J connectivity index is 1.18. The fourth-order valence-electron chi connectivity index (χ4n) is 9.92. The molecule has 6 heteroatoms. The number of hydrogen-bond acceptors (Lipinski definition) is 6. The molecular weight excluding hydrogens is 905 g/mol. The number of fused-ring (bicyclic) bond motifs is 2. The first-order valence-corrected chi connectivity index (χ1v) is 28.6. The summed E-state index contributed by atoms with van der Waals surface area (Å²) >= 11 is 3.45. The van der Waals surface area contributed by atoms with Gasteiger partial charge in [-0.05, 0) is 112 Å². The molecule has 0 aliphatic carbocycles. The summed E-state index contributed by atoms with van der Waals surface area (Å²) in [6.07, 6.45) is 33.5. The van der Waals surface area contributed by atoms with Crippen LogP contribution in [-0.2, 0) is 0 Å². The maximum Gasteiger partial charge on any atom is 0.223 e. The van der Waals surface area contributed by atoms with E-state index in [1.807, 2.05) is 0 Å². The van der Waals surface area contributed by atoms with E-state index in [9.17, 15) is 0 Å². The Hall–Kier alpha value is -5.94. The van der Waals surface area contributed by atoms with Crippen LogP contribution in [-0.4, -0.2) is 23.2 Å². The lowest BCUT2D eigenvalue weighted by Crippen LogP contribution is -2.12. The molecule has 0 saturated heterocycles. The number of terminal acetylenes is 1. The van der Waals surface area contributed by atoms with Crippen LogP contribution in [0.2, 0.25) is 0 Å². The van der Waals surface area contributed by atoms with Crippen LogP contribution < -0.4 is 9.47 Å². The van der Waals surface area contributed by atoms with E-state index in [4.69, 9.17) is 25.9 Å². The van der Waals surface area contributed by atoms with Crippen LogP contribution in [0.3, 0.4) is 0 Å². The third kappa shape index (κ3) is 15.0. The molecule has 0 aliphatic heterocycles. The first-order chi connectivity index (χ1) is 35.1. The monoisotopic (exact) mass is 977 g/mol. The average Bonchev–Trinajstić information content (AvgIpc) is 4.14. The summed E-state index contributed by atoms with van der Waals surface area (Å²) in [7, 11) is 0. The summed E-state index contributed by atoms with van der Waals surface area (Å²) in [6.45, 7) is 7.92.